The molecule has 108 valence electrons. The third kappa shape index (κ3) is 2.29. The molecule has 1 fully saturated rings. The highest BCUT2D eigenvalue weighted by Crippen LogP contribution is 2.23. The average Bonchev–Trinajstić information content (AvgIpc) is 2.87. The van der Waals surface area contributed by atoms with Crippen molar-refractivity contribution in [3.63, 3.8) is 0 Å². The number of carboxylic acid groups (broad SMARTS) is 1. The van der Waals surface area contributed by atoms with Crippen LogP contribution in [-0.2, 0) is 0 Å². The molecule has 2 aromatic heterocycles. The van der Waals surface area contributed by atoms with Crippen LogP contribution in [0.4, 0.5) is 5.69 Å². The standard InChI is InChI=1S/C12H12N6O3/c13-8-2-1-3-14-10(8)11(19)17-4-7(5-17)18-6-9(12(20)21)15-16-18/h1-3,6-7H,4-5,13H2,(H,20,21). The summed E-state index contributed by atoms with van der Waals surface area (Å²) in [6, 6.07) is 3.20. The second-order valence-corrected chi connectivity index (χ2v) is 4.69. The Morgan fingerprint density at radius 2 is 2.14 bits per heavy atom. The van der Waals surface area contributed by atoms with Crippen LogP contribution in [0, 0.1) is 0 Å². The summed E-state index contributed by atoms with van der Waals surface area (Å²) in [4.78, 5) is 28.5. The number of anilines is 1. The van der Waals surface area contributed by atoms with Crippen molar-refractivity contribution < 1.29 is 14.7 Å². The summed E-state index contributed by atoms with van der Waals surface area (Å²) in [5.74, 6) is -1.38. The second kappa shape index (κ2) is 4.85. The van der Waals surface area contributed by atoms with E-state index in [0.29, 0.717) is 18.8 Å². The van der Waals surface area contributed by atoms with Gasteiger partial charge in [0.1, 0.15) is 0 Å². The van der Waals surface area contributed by atoms with E-state index < -0.39 is 5.97 Å². The van der Waals surface area contributed by atoms with Gasteiger partial charge in [-0.05, 0) is 12.1 Å². The van der Waals surface area contributed by atoms with Crippen LogP contribution in [0.15, 0.2) is 24.5 Å². The number of hydrogen-bond acceptors (Lipinski definition) is 6. The Labute approximate surface area is 119 Å². The van der Waals surface area contributed by atoms with Gasteiger partial charge in [-0.25, -0.2) is 14.5 Å². The van der Waals surface area contributed by atoms with Crippen LogP contribution in [-0.4, -0.2) is 55.0 Å². The third-order valence-corrected chi connectivity index (χ3v) is 3.29. The van der Waals surface area contributed by atoms with Crippen LogP contribution in [0.25, 0.3) is 0 Å². The largest absolute Gasteiger partial charge is 0.476 e. The molecular formula is C12H12N6O3. The summed E-state index contributed by atoms with van der Waals surface area (Å²) in [5.41, 5.74) is 6.16. The van der Waals surface area contributed by atoms with E-state index in [9.17, 15) is 9.59 Å². The number of aromatic carboxylic acids is 1. The molecule has 1 aliphatic heterocycles. The first kappa shape index (κ1) is 13.0. The van der Waals surface area contributed by atoms with Gasteiger partial charge in [0.2, 0.25) is 0 Å². The van der Waals surface area contributed by atoms with Crippen LogP contribution in [0.2, 0.25) is 0 Å². The van der Waals surface area contributed by atoms with Crippen molar-refractivity contribution in [3.8, 4) is 0 Å². The molecule has 0 bridgehead atoms. The van der Waals surface area contributed by atoms with Crippen LogP contribution >= 0.6 is 0 Å². The number of hydrogen-bond donors (Lipinski definition) is 2. The van der Waals surface area contributed by atoms with Crippen molar-refractivity contribution in [3.05, 3.63) is 35.9 Å². The Hall–Kier alpha value is -2.97. The van der Waals surface area contributed by atoms with Gasteiger partial charge < -0.3 is 15.7 Å². The fraction of sp³-hybridized carbons (Fsp3) is 0.250. The molecule has 0 atom stereocenters. The predicted octanol–water partition coefficient (Wildman–Crippen LogP) is -0.349. The van der Waals surface area contributed by atoms with E-state index >= 15 is 0 Å². The molecule has 21 heavy (non-hydrogen) atoms. The first-order valence-electron chi connectivity index (χ1n) is 6.21. The number of carbonyl (C=O) groups excluding carboxylic acids is 1. The first-order chi connectivity index (χ1) is 10.1. The number of pyridine rings is 1. The van der Waals surface area contributed by atoms with E-state index in [1.165, 1.54) is 17.1 Å². The lowest BCUT2D eigenvalue weighted by Crippen LogP contribution is -2.51. The van der Waals surface area contributed by atoms with E-state index in [2.05, 4.69) is 15.3 Å². The average molecular weight is 288 g/mol. The molecule has 0 saturated carbocycles. The maximum atomic E-state index is 12.2. The molecule has 0 aromatic carbocycles. The number of aromatic nitrogens is 4. The van der Waals surface area contributed by atoms with E-state index in [4.69, 9.17) is 10.8 Å². The number of likely N-dealkylation sites (tertiary alicyclic amines) is 1. The lowest BCUT2D eigenvalue weighted by Gasteiger charge is -2.38. The zero-order valence-electron chi connectivity index (χ0n) is 10.9. The molecule has 9 nitrogen and oxygen atoms in total. The number of carboxylic acids is 1. The summed E-state index contributed by atoms with van der Waals surface area (Å²) in [6.07, 6.45) is 2.86. The number of rotatable bonds is 3. The zero-order chi connectivity index (χ0) is 15.0. The van der Waals surface area contributed by atoms with Crippen LogP contribution in [0.1, 0.15) is 27.0 Å². The molecule has 9 heteroatoms. The van der Waals surface area contributed by atoms with E-state index in [1.807, 2.05) is 0 Å². The van der Waals surface area contributed by atoms with Crippen molar-refractivity contribution in [2.24, 2.45) is 0 Å². The summed E-state index contributed by atoms with van der Waals surface area (Å²) >= 11 is 0. The molecule has 1 aliphatic rings. The summed E-state index contributed by atoms with van der Waals surface area (Å²) in [6.45, 7) is 0.828. The van der Waals surface area contributed by atoms with Crippen molar-refractivity contribution in [2.75, 3.05) is 18.8 Å². The van der Waals surface area contributed by atoms with E-state index in [0.717, 1.165) is 0 Å². The van der Waals surface area contributed by atoms with Crippen molar-refractivity contribution in [2.45, 2.75) is 6.04 Å². The number of amides is 1. The molecule has 0 spiro atoms. The van der Waals surface area contributed by atoms with Crippen molar-refractivity contribution in [1.82, 2.24) is 24.9 Å². The van der Waals surface area contributed by atoms with Gasteiger partial charge in [0, 0.05) is 19.3 Å². The highest BCUT2D eigenvalue weighted by atomic mass is 16.4. The van der Waals surface area contributed by atoms with Gasteiger partial charge in [0.05, 0.1) is 17.9 Å². The van der Waals surface area contributed by atoms with Gasteiger partial charge >= 0.3 is 5.97 Å². The lowest BCUT2D eigenvalue weighted by molar-refractivity contribution is 0.0492. The number of carbonyl (C=O) groups is 2. The van der Waals surface area contributed by atoms with E-state index in [1.54, 1.807) is 17.0 Å². The highest BCUT2D eigenvalue weighted by Gasteiger charge is 2.34. The molecule has 0 unspecified atom stereocenters. The summed E-state index contributed by atoms with van der Waals surface area (Å²) < 4.78 is 1.45. The molecule has 2 aromatic rings. The fourth-order valence-corrected chi connectivity index (χ4v) is 2.09. The Bertz CT molecular complexity index is 707. The van der Waals surface area contributed by atoms with Gasteiger partial charge in [0.15, 0.2) is 11.4 Å². The van der Waals surface area contributed by atoms with Crippen molar-refractivity contribution in [1.29, 1.82) is 0 Å². The lowest BCUT2D eigenvalue weighted by atomic mass is 10.1. The minimum Gasteiger partial charge on any atom is -0.476 e. The molecule has 3 heterocycles. The third-order valence-electron chi connectivity index (χ3n) is 3.29. The quantitative estimate of drug-likeness (QED) is 0.790. The first-order valence-corrected chi connectivity index (χ1v) is 6.21. The normalized spacial score (nSPS) is 14.8. The van der Waals surface area contributed by atoms with Gasteiger partial charge in [-0.1, -0.05) is 5.21 Å². The smallest absolute Gasteiger partial charge is 0.358 e. The van der Waals surface area contributed by atoms with Gasteiger partial charge in [-0.2, -0.15) is 0 Å². The fourth-order valence-electron chi connectivity index (χ4n) is 2.09. The molecule has 0 aliphatic carbocycles. The highest BCUT2D eigenvalue weighted by molar-refractivity contribution is 5.97. The van der Waals surface area contributed by atoms with Gasteiger partial charge in [-0.15, -0.1) is 5.10 Å². The van der Waals surface area contributed by atoms with Gasteiger partial charge in [-0.3, -0.25) is 4.79 Å². The van der Waals surface area contributed by atoms with E-state index in [-0.39, 0.29) is 23.3 Å². The molecule has 0 radical (unpaired) electrons. The van der Waals surface area contributed by atoms with Gasteiger partial charge in [0.25, 0.3) is 5.91 Å². The summed E-state index contributed by atoms with van der Waals surface area (Å²) in [7, 11) is 0. The molecule has 3 N–H and O–H groups in total. The summed E-state index contributed by atoms with van der Waals surface area (Å²) in [5, 5.41) is 16.1. The predicted molar refractivity (Wildman–Crippen MR) is 70.6 cm³/mol. The topological polar surface area (TPSA) is 127 Å². The van der Waals surface area contributed by atoms with Crippen LogP contribution in [0.3, 0.4) is 0 Å². The number of nitrogens with zero attached hydrogens (tertiary/aromatic N) is 5. The Kier molecular flexibility index (Phi) is 3.01. The minimum atomic E-state index is -1.13. The number of nitrogens with two attached hydrogens (primary N) is 1. The number of nitrogen functional groups attached to an aromatic ring is 1. The SMILES string of the molecule is Nc1cccnc1C(=O)N1CC(n2cc(C(=O)O)nn2)C1. The Balaban J connectivity index is 1.66. The van der Waals surface area contributed by atoms with Crippen molar-refractivity contribution >= 4 is 17.6 Å². The Morgan fingerprint density at radius 3 is 2.76 bits per heavy atom. The molecular weight excluding hydrogens is 276 g/mol. The zero-order valence-corrected chi connectivity index (χ0v) is 10.9. The van der Waals surface area contributed by atoms with Crippen LogP contribution < -0.4 is 5.73 Å². The molecule has 3 rings (SSSR count). The minimum absolute atomic E-state index is 0.0838. The second-order valence-electron chi connectivity index (χ2n) is 4.69. The maximum absolute atomic E-state index is 12.2. The maximum Gasteiger partial charge on any atom is 0.358 e. The molecule has 1 amide bonds. The molecule has 1 saturated heterocycles. The Morgan fingerprint density at radius 1 is 1.38 bits per heavy atom. The monoisotopic (exact) mass is 288 g/mol. The van der Waals surface area contributed by atoms with Crippen LogP contribution in [0.5, 0.6) is 0 Å².